The standard InChI is InChI=1S/C58H36N6O/c1-3-15-38(16-4-1)53-59-54(39-17-5-2-6-18-39)61-55(60-53)45-24-12-22-43(34-45)41-20-11-21-42(32-41)44-23-13-25-46(35-44)56-62-57(47-29-28-37-14-7-8-19-40(37)33-47)64-58(63-56)48-30-31-50-49-26-9-10-27-51(49)65-52(50)36-48/h1-36H. The minimum atomic E-state index is 0.567. The van der Waals surface area contributed by atoms with Crippen molar-refractivity contribution in [3.05, 3.63) is 218 Å². The van der Waals surface area contributed by atoms with Crippen LogP contribution in [-0.2, 0) is 0 Å². The molecule has 0 radical (unpaired) electrons. The number of nitrogens with zero attached hydrogens (tertiary/aromatic N) is 6. The van der Waals surface area contributed by atoms with Gasteiger partial charge in [0.1, 0.15) is 11.2 Å². The Morgan fingerprint density at radius 2 is 0.585 bits per heavy atom. The number of aromatic nitrogens is 6. The SMILES string of the molecule is c1ccc(-c2nc(-c3ccccc3)nc(-c3cccc(-c4cccc(-c5cccc(-c6nc(-c7ccc8ccccc8c7)nc(-c7ccc8c(c7)oc7ccccc78)n6)c5)c4)c3)n2)cc1. The van der Waals surface area contributed by atoms with Gasteiger partial charge in [0, 0.05) is 44.2 Å². The Hall–Kier alpha value is -8.94. The zero-order valence-electron chi connectivity index (χ0n) is 34.9. The van der Waals surface area contributed by atoms with Gasteiger partial charge in [0.05, 0.1) is 0 Å². The van der Waals surface area contributed by atoms with E-state index in [9.17, 15) is 0 Å². The first-order chi connectivity index (χ1) is 32.1. The second-order valence-corrected chi connectivity index (χ2v) is 16.0. The molecule has 0 unspecified atom stereocenters. The Balaban J connectivity index is 0.922. The molecule has 0 spiro atoms. The van der Waals surface area contributed by atoms with E-state index in [0.717, 1.165) is 88.3 Å². The van der Waals surface area contributed by atoms with Crippen LogP contribution in [0.2, 0.25) is 0 Å². The van der Waals surface area contributed by atoms with E-state index in [1.54, 1.807) is 0 Å². The lowest BCUT2D eigenvalue weighted by molar-refractivity contribution is 0.669. The van der Waals surface area contributed by atoms with E-state index in [4.69, 9.17) is 34.3 Å². The number of para-hydroxylation sites is 1. The summed E-state index contributed by atoms with van der Waals surface area (Å²) in [6.07, 6.45) is 0. The van der Waals surface area contributed by atoms with Crippen molar-refractivity contribution >= 4 is 32.7 Å². The van der Waals surface area contributed by atoms with Crippen molar-refractivity contribution in [1.29, 1.82) is 0 Å². The number of rotatable bonds is 8. The van der Waals surface area contributed by atoms with Crippen molar-refractivity contribution < 1.29 is 4.42 Å². The lowest BCUT2D eigenvalue weighted by atomic mass is 9.97. The normalized spacial score (nSPS) is 11.4. The summed E-state index contributed by atoms with van der Waals surface area (Å²) >= 11 is 0. The molecule has 0 saturated carbocycles. The zero-order valence-corrected chi connectivity index (χ0v) is 34.9. The van der Waals surface area contributed by atoms with E-state index in [1.165, 1.54) is 0 Å². The average molecular weight is 833 g/mol. The monoisotopic (exact) mass is 832 g/mol. The van der Waals surface area contributed by atoms with E-state index in [0.29, 0.717) is 34.9 Å². The van der Waals surface area contributed by atoms with Gasteiger partial charge in [-0.05, 0) is 75.5 Å². The predicted molar refractivity (Wildman–Crippen MR) is 261 cm³/mol. The summed E-state index contributed by atoms with van der Waals surface area (Å²) in [5.74, 6) is 3.61. The Bertz CT molecular complexity index is 3680. The summed E-state index contributed by atoms with van der Waals surface area (Å²) in [5.41, 5.74) is 11.2. The third-order valence-corrected chi connectivity index (χ3v) is 11.8. The second-order valence-electron chi connectivity index (χ2n) is 16.0. The minimum Gasteiger partial charge on any atom is -0.456 e. The lowest BCUT2D eigenvalue weighted by Crippen LogP contribution is -2.00. The Kier molecular flexibility index (Phi) is 9.34. The first-order valence-corrected chi connectivity index (χ1v) is 21.5. The quantitative estimate of drug-likeness (QED) is 0.151. The molecule has 12 rings (SSSR count). The summed E-state index contributed by atoms with van der Waals surface area (Å²) in [7, 11) is 0. The molecular weight excluding hydrogens is 797 g/mol. The van der Waals surface area contributed by atoms with E-state index in [-0.39, 0.29) is 0 Å². The number of fused-ring (bicyclic) bond motifs is 4. The van der Waals surface area contributed by atoms with Crippen LogP contribution < -0.4 is 0 Å². The molecule has 3 heterocycles. The van der Waals surface area contributed by atoms with Crippen molar-refractivity contribution in [2.45, 2.75) is 0 Å². The zero-order chi connectivity index (χ0) is 43.1. The van der Waals surface area contributed by atoms with Crippen molar-refractivity contribution in [3.8, 4) is 90.6 Å². The van der Waals surface area contributed by atoms with Gasteiger partial charge < -0.3 is 4.42 Å². The predicted octanol–water partition coefficient (Wildman–Crippen LogP) is 14.4. The van der Waals surface area contributed by atoms with E-state index in [2.05, 4.69) is 133 Å². The second kappa shape index (κ2) is 16.1. The van der Waals surface area contributed by atoms with Crippen LogP contribution in [0, 0.1) is 0 Å². The summed E-state index contributed by atoms with van der Waals surface area (Å²) < 4.78 is 6.29. The molecule has 0 aliphatic rings. The van der Waals surface area contributed by atoms with E-state index < -0.39 is 0 Å². The summed E-state index contributed by atoms with van der Waals surface area (Å²) in [4.78, 5) is 30.2. The molecule has 0 atom stereocenters. The van der Waals surface area contributed by atoms with Gasteiger partial charge in [-0.1, -0.05) is 176 Å². The van der Waals surface area contributed by atoms with E-state index >= 15 is 0 Å². The van der Waals surface area contributed by atoms with Gasteiger partial charge in [-0.3, -0.25) is 0 Å². The highest BCUT2D eigenvalue weighted by molar-refractivity contribution is 6.05. The molecule has 0 fully saturated rings. The van der Waals surface area contributed by atoms with Crippen LogP contribution in [0.15, 0.2) is 223 Å². The first-order valence-electron chi connectivity index (χ1n) is 21.5. The number of furan rings is 1. The molecule has 65 heavy (non-hydrogen) atoms. The van der Waals surface area contributed by atoms with Crippen LogP contribution in [0.4, 0.5) is 0 Å². The summed E-state index contributed by atoms with van der Waals surface area (Å²) in [5, 5.41) is 4.40. The first kappa shape index (κ1) is 37.8. The summed E-state index contributed by atoms with van der Waals surface area (Å²) in [6, 6.07) is 74.4. The molecule has 7 nitrogen and oxygen atoms in total. The number of hydrogen-bond donors (Lipinski definition) is 0. The molecule has 304 valence electrons. The Labute approximate surface area is 374 Å². The molecule has 12 aromatic rings. The minimum absolute atomic E-state index is 0.567. The Morgan fingerprint density at radius 1 is 0.215 bits per heavy atom. The van der Waals surface area contributed by atoms with Gasteiger partial charge in [0.2, 0.25) is 0 Å². The fourth-order valence-corrected chi connectivity index (χ4v) is 8.45. The molecule has 0 saturated heterocycles. The molecule has 9 aromatic carbocycles. The fourth-order valence-electron chi connectivity index (χ4n) is 8.45. The third kappa shape index (κ3) is 7.37. The van der Waals surface area contributed by atoms with Crippen molar-refractivity contribution in [1.82, 2.24) is 29.9 Å². The third-order valence-electron chi connectivity index (χ3n) is 11.8. The highest BCUT2D eigenvalue weighted by Gasteiger charge is 2.17. The van der Waals surface area contributed by atoms with Gasteiger partial charge in [-0.2, -0.15) is 0 Å². The summed E-state index contributed by atoms with van der Waals surface area (Å²) in [6.45, 7) is 0. The van der Waals surface area contributed by atoms with Crippen molar-refractivity contribution in [2.24, 2.45) is 0 Å². The molecule has 0 N–H and O–H groups in total. The van der Waals surface area contributed by atoms with Crippen LogP contribution in [0.3, 0.4) is 0 Å². The fraction of sp³-hybridized carbons (Fsp3) is 0. The van der Waals surface area contributed by atoms with Gasteiger partial charge in [-0.15, -0.1) is 0 Å². The highest BCUT2D eigenvalue weighted by Crippen LogP contribution is 2.35. The van der Waals surface area contributed by atoms with Gasteiger partial charge in [-0.25, -0.2) is 29.9 Å². The lowest BCUT2D eigenvalue weighted by Gasteiger charge is -2.11. The molecule has 0 aliphatic carbocycles. The maximum absolute atomic E-state index is 6.29. The van der Waals surface area contributed by atoms with Crippen LogP contribution in [0.5, 0.6) is 0 Å². The largest absolute Gasteiger partial charge is 0.456 e. The van der Waals surface area contributed by atoms with Crippen LogP contribution in [-0.4, -0.2) is 29.9 Å². The van der Waals surface area contributed by atoms with Crippen molar-refractivity contribution in [2.75, 3.05) is 0 Å². The van der Waals surface area contributed by atoms with Crippen LogP contribution in [0.1, 0.15) is 0 Å². The van der Waals surface area contributed by atoms with Crippen molar-refractivity contribution in [3.63, 3.8) is 0 Å². The van der Waals surface area contributed by atoms with E-state index in [1.807, 2.05) is 84.9 Å². The molecule has 7 heteroatoms. The highest BCUT2D eigenvalue weighted by atomic mass is 16.3. The maximum atomic E-state index is 6.29. The average Bonchev–Trinajstić information content (AvgIpc) is 3.77. The number of hydrogen-bond acceptors (Lipinski definition) is 7. The Morgan fingerprint density at radius 3 is 1.14 bits per heavy atom. The molecule has 0 bridgehead atoms. The maximum Gasteiger partial charge on any atom is 0.164 e. The van der Waals surface area contributed by atoms with Crippen LogP contribution >= 0.6 is 0 Å². The van der Waals surface area contributed by atoms with Gasteiger partial charge in [0.25, 0.3) is 0 Å². The molecule has 0 aliphatic heterocycles. The number of benzene rings is 9. The van der Waals surface area contributed by atoms with Gasteiger partial charge >= 0.3 is 0 Å². The molecular formula is C58H36N6O. The smallest absolute Gasteiger partial charge is 0.164 e. The van der Waals surface area contributed by atoms with Gasteiger partial charge in [0.15, 0.2) is 34.9 Å². The topological polar surface area (TPSA) is 90.5 Å². The van der Waals surface area contributed by atoms with Crippen LogP contribution in [0.25, 0.3) is 123 Å². The molecule has 0 amide bonds. The molecule has 3 aromatic heterocycles.